The summed E-state index contributed by atoms with van der Waals surface area (Å²) in [7, 11) is -2.33. The normalized spacial score (nSPS) is 23.3. The van der Waals surface area contributed by atoms with E-state index in [0.717, 1.165) is 0 Å². The third-order valence-electron chi connectivity index (χ3n) is 3.73. The quantitative estimate of drug-likeness (QED) is 0.788. The van der Waals surface area contributed by atoms with Gasteiger partial charge in [0.15, 0.2) is 0 Å². The SMILES string of the molecule is COC(=O)c1ccc(S(=O)(=O)N2C[C@@H](C)OC[C@@H]2C)c(C)c1. The summed E-state index contributed by atoms with van der Waals surface area (Å²) < 4.78 is 37.3. The van der Waals surface area contributed by atoms with E-state index in [0.29, 0.717) is 24.3 Å². The fourth-order valence-corrected chi connectivity index (χ4v) is 4.42. The fourth-order valence-electron chi connectivity index (χ4n) is 2.52. The maximum Gasteiger partial charge on any atom is 0.337 e. The first-order chi connectivity index (χ1) is 10.3. The van der Waals surface area contributed by atoms with Gasteiger partial charge in [0.25, 0.3) is 0 Å². The molecule has 2 atom stereocenters. The number of nitrogens with zero attached hydrogens (tertiary/aromatic N) is 1. The van der Waals surface area contributed by atoms with Crippen molar-refractivity contribution in [3.8, 4) is 0 Å². The molecule has 1 fully saturated rings. The number of esters is 1. The molecule has 0 unspecified atom stereocenters. The van der Waals surface area contributed by atoms with E-state index in [2.05, 4.69) is 4.74 Å². The summed E-state index contributed by atoms with van der Waals surface area (Å²) in [5.41, 5.74) is 0.858. The second-order valence-corrected chi connectivity index (χ2v) is 7.40. The molecule has 1 saturated heterocycles. The van der Waals surface area contributed by atoms with E-state index in [-0.39, 0.29) is 17.0 Å². The molecule has 1 aromatic rings. The van der Waals surface area contributed by atoms with E-state index < -0.39 is 16.0 Å². The molecule has 0 N–H and O–H groups in total. The number of ether oxygens (including phenoxy) is 2. The van der Waals surface area contributed by atoms with Crippen molar-refractivity contribution in [3.05, 3.63) is 29.3 Å². The minimum atomic E-state index is -3.62. The lowest BCUT2D eigenvalue weighted by molar-refractivity contribution is -0.0170. The van der Waals surface area contributed by atoms with Crippen LogP contribution in [-0.4, -0.2) is 51.1 Å². The van der Waals surface area contributed by atoms with Crippen molar-refractivity contribution in [1.82, 2.24) is 4.31 Å². The number of carbonyl (C=O) groups excluding carboxylic acids is 1. The Morgan fingerprint density at radius 2 is 2.05 bits per heavy atom. The average Bonchev–Trinajstić information content (AvgIpc) is 2.48. The van der Waals surface area contributed by atoms with Gasteiger partial charge in [0, 0.05) is 12.6 Å². The van der Waals surface area contributed by atoms with Crippen molar-refractivity contribution in [2.45, 2.75) is 37.8 Å². The average molecular weight is 327 g/mol. The second-order valence-electron chi connectivity index (χ2n) is 5.54. The molecular weight excluding hydrogens is 306 g/mol. The van der Waals surface area contributed by atoms with Crippen molar-refractivity contribution in [1.29, 1.82) is 0 Å². The molecule has 0 aliphatic carbocycles. The molecule has 0 spiro atoms. The molecule has 1 aliphatic rings. The van der Waals surface area contributed by atoms with Crippen LogP contribution in [0.4, 0.5) is 0 Å². The number of carbonyl (C=O) groups is 1. The highest BCUT2D eigenvalue weighted by Crippen LogP contribution is 2.25. The lowest BCUT2D eigenvalue weighted by Gasteiger charge is -2.36. The third kappa shape index (κ3) is 3.16. The summed E-state index contributed by atoms with van der Waals surface area (Å²) in [4.78, 5) is 11.7. The van der Waals surface area contributed by atoms with Crippen molar-refractivity contribution in [3.63, 3.8) is 0 Å². The Kier molecular flexibility index (Phi) is 4.89. The van der Waals surface area contributed by atoms with Gasteiger partial charge in [-0.1, -0.05) is 0 Å². The predicted octanol–water partition coefficient (Wildman–Crippen LogP) is 1.58. The first-order valence-corrected chi connectivity index (χ1v) is 8.53. The lowest BCUT2D eigenvalue weighted by atomic mass is 10.1. The molecule has 2 rings (SSSR count). The third-order valence-corrected chi connectivity index (χ3v) is 5.87. The summed E-state index contributed by atoms with van der Waals surface area (Å²) >= 11 is 0. The van der Waals surface area contributed by atoms with Crippen LogP contribution in [0, 0.1) is 6.92 Å². The second kappa shape index (κ2) is 6.36. The maximum absolute atomic E-state index is 12.9. The van der Waals surface area contributed by atoms with E-state index in [9.17, 15) is 13.2 Å². The number of sulfonamides is 1. The predicted molar refractivity (Wildman–Crippen MR) is 81.3 cm³/mol. The molecular formula is C15H21NO5S. The molecule has 6 nitrogen and oxygen atoms in total. The Bertz CT molecular complexity index is 671. The van der Waals surface area contributed by atoms with Crippen LogP contribution in [0.25, 0.3) is 0 Å². The molecule has 0 saturated carbocycles. The highest BCUT2D eigenvalue weighted by Gasteiger charge is 2.35. The van der Waals surface area contributed by atoms with Crippen LogP contribution in [0.2, 0.25) is 0 Å². The van der Waals surface area contributed by atoms with Crippen molar-refractivity contribution >= 4 is 16.0 Å². The highest BCUT2D eigenvalue weighted by molar-refractivity contribution is 7.89. The van der Waals surface area contributed by atoms with Gasteiger partial charge >= 0.3 is 5.97 Å². The lowest BCUT2D eigenvalue weighted by Crippen LogP contribution is -2.50. The minimum Gasteiger partial charge on any atom is -0.465 e. The van der Waals surface area contributed by atoms with Crippen LogP contribution < -0.4 is 0 Å². The molecule has 0 aromatic heterocycles. The van der Waals surface area contributed by atoms with Gasteiger partial charge in [-0.25, -0.2) is 13.2 Å². The first kappa shape index (κ1) is 16.9. The molecule has 0 radical (unpaired) electrons. The molecule has 0 bridgehead atoms. The number of hydrogen-bond acceptors (Lipinski definition) is 5. The van der Waals surface area contributed by atoms with E-state index in [4.69, 9.17) is 4.74 Å². The maximum atomic E-state index is 12.9. The number of aryl methyl sites for hydroxylation is 1. The van der Waals surface area contributed by atoms with Crippen LogP contribution in [0.3, 0.4) is 0 Å². The van der Waals surface area contributed by atoms with E-state index in [1.165, 1.54) is 29.6 Å². The van der Waals surface area contributed by atoms with Gasteiger partial charge in [-0.3, -0.25) is 0 Å². The Morgan fingerprint density at radius 3 is 2.64 bits per heavy atom. The summed E-state index contributed by atoms with van der Waals surface area (Å²) in [5, 5.41) is 0. The van der Waals surface area contributed by atoms with Gasteiger partial charge in [0.2, 0.25) is 10.0 Å². The molecule has 122 valence electrons. The summed E-state index contributed by atoms with van der Waals surface area (Å²) in [6.45, 7) is 6.04. The standard InChI is InChI=1S/C15H21NO5S/c1-10-7-13(15(17)20-4)5-6-14(10)22(18,19)16-8-12(3)21-9-11(16)2/h5-7,11-12H,8-9H2,1-4H3/t11-,12+/m0/s1. The molecule has 0 amide bonds. The smallest absolute Gasteiger partial charge is 0.337 e. The number of rotatable bonds is 3. The summed E-state index contributed by atoms with van der Waals surface area (Å²) in [5.74, 6) is -0.486. The van der Waals surface area contributed by atoms with Crippen molar-refractivity contribution < 1.29 is 22.7 Å². The molecule has 7 heteroatoms. The Balaban J connectivity index is 2.39. The molecule has 1 aromatic carbocycles. The molecule has 1 aliphatic heterocycles. The van der Waals surface area contributed by atoms with Crippen LogP contribution in [0.1, 0.15) is 29.8 Å². The topological polar surface area (TPSA) is 72.9 Å². The Labute approximate surface area is 131 Å². The largest absolute Gasteiger partial charge is 0.465 e. The minimum absolute atomic E-state index is 0.138. The van der Waals surface area contributed by atoms with Gasteiger partial charge in [0.05, 0.1) is 30.3 Å². The Morgan fingerprint density at radius 1 is 1.36 bits per heavy atom. The van der Waals surface area contributed by atoms with Gasteiger partial charge in [-0.05, 0) is 44.5 Å². The van der Waals surface area contributed by atoms with E-state index in [1.54, 1.807) is 6.92 Å². The van der Waals surface area contributed by atoms with Crippen LogP contribution in [-0.2, 0) is 19.5 Å². The summed E-state index contributed by atoms with van der Waals surface area (Å²) in [6.07, 6.45) is -0.138. The first-order valence-electron chi connectivity index (χ1n) is 7.09. The van der Waals surface area contributed by atoms with Gasteiger partial charge in [-0.2, -0.15) is 4.31 Å². The van der Waals surface area contributed by atoms with Crippen molar-refractivity contribution in [2.24, 2.45) is 0 Å². The van der Waals surface area contributed by atoms with Gasteiger partial charge < -0.3 is 9.47 Å². The van der Waals surface area contributed by atoms with E-state index in [1.807, 2.05) is 13.8 Å². The fraction of sp³-hybridized carbons (Fsp3) is 0.533. The van der Waals surface area contributed by atoms with Gasteiger partial charge in [0.1, 0.15) is 0 Å². The summed E-state index contributed by atoms with van der Waals surface area (Å²) in [6, 6.07) is 4.25. The highest BCUT2D eigenvalue weighted by atomic mass is 32.2. The van der Waals surface area contributed by atoms with E-state index >= 15 is 0 Å². The molecule has 22 heavy (non-hydrogen) atoms. The van der Waals surface area contributed by atoms with Gasteiger partial charge in [-0.15, -0.1) is 0 Å². The van der Waals surface area contributed by atoms with Crippen LogP contribution in [0.15, 0.2) is 23.1 Å². The zero-order valence-electron chi connectivity index (χ0n) is 13.2. The van der Waals surface area contributed by atoms with Crippen molar-refractivity contribution in [2.75, 3.05) is 20.3 Å². The zero-order chi connectivity index (χ0) is 16.5. The molecule has 1 heterocycles. The monoisotopic (exact) mass is 327 g/mol. The Hall–Kier alpha value is -1.44. The number of methoxy groups -OCH3 is 1. The van der Waals surface area contributed by atoms with Crippen LogP contribution >= 0.6 is 0 Å². The number of hydrogen-bond donors (Lipinski definition) is 0. The zero-order valence-corrected chi connectivity index (χ0v) is 14.0. The number of morpholine rings is 1. The van der Waals surface area contributed by atoms with Crippen LogP contribution in [0.5, 0.6) is 0 Å². The number of benzene rings is 1.